The molecule has 0 unspecified atom stereocenters. The SMILES string of the molecule is CCCCC(F)(F)C(=O)CC[C@@H](CC)[C@@H](CCCCCCC(=O)OC)C(C)=O. The van der Waals surface area contributed by atoms with Gasteiger partial charge in [-0.25, -0.2) is 0 Å². The minimum atomic E-state index is -3.25. The van der Waals surface area contributed by atoms with Gasteiger partial charge in [-0.2, -0.15) is 8.78 Å². The number of Topliss-reactive ketones (excluding diaryl/α,β-unsaturated/α-hetero) is 2. The van der Waals surface area contributed by atoms with Crippen molar-refractivity contribution in [1.29, 1.82) is 0 Å². The number of ketones is 2. The Hall–Kier alpha value is -1.33. The average Bonchev–Trinajstić information content (AvgIpc) is 2.66. The van der Waals surface area contributed by atoms with Gasteiger partial charge in [-0.05, 0) is 38.5 Å². The van der Waals surface area contributed by atoms with Gasteiger partial charge in [0.05, 0.1) is 7.11 Å². The van der Waals surface area contributed by atoms with E-state index in [1.807, 2.05) is 13.8 Å². The van der Waals surface area contributed by atoms with Crippen LogP contribution in [-0.4, -0.2) is 30.6 Å². The van der Waals surface area contributed by atoms with Gasteiger partial charge in [0.1, 0.15) is 5.78 Å². The van der Waals surface area contributed by atoms with Crippen LogP contribution in [0.2, 0.25) is 0 Å². The van der Waals surface area contributed by atoms with Gasteiger partial charge in [-0.3, -0.25) is 14.4 Å². The van der Waals surface area contributed by atoms with Crippen molar-refractivity contribution in [3.63, 3.8) is 0 Å². The van der Waals surface area contributed by atoms with Crippen LogP contribution in [0.4, 0.5) is 8.78 Å². The van der Waals surface area contributed by atoms with Gasteiger partial charge in [0.2, 0.25) is 5.78 Å². The van der Waals surface area contributed by atoms with E-state index >= 15 is 0 Å². The predicted octanol–water partition coefficient (Wildman–Crippen LogP) is 5.91. The summed E-state index contributed by atoms with van der Waals surface area (Å²) in [6, 6.07) is 0. The van der Waals surface area contributed by atoms with Crippen molar-refractivity contribution in [2.45, 2.75) is 104 Å². The first-order valence-corrected chi connectivity index (χ1v) is 10.7. The highest BCUT2D eigenvalue weighted by Crippen LogP contribution is 2.30. The summed E-state index contributed by atoms with van der Waals surface area (Å²) in [5.41, 5.74) is 0. The van der Waals surface area contributed by atoms with E-state index in [4.69, 9.17) is 0 Å². The standard InChI is InChI=1S/C22H38F2O4/c1-5-7-16-22(23,24)20(26)15-14-18(6-2)19(17(3)25)12-10-8-9-11-13-21(27)28-4/h18-19H,5-16H2,1-4H3/t18-,19+/m1/s1. The fourth-order valence-electron chi connectivity index (χ4n) is 3.59. The highest BCUT2D eigenvalue weighted by atomic mass is 19.3. The zero-order chi connectivity index (χ0) is 21.6. The maximum Gasteiger partial charge on any atom is 0.305 e. The lowest BCUT2D eigenvalue weighted by Gasteiger charge is -2.25. The number of carbonyl (C=O) groups is 3. The van der Waals surface area contributed by atoms with Crippen molar-refractivity contribution in [3.8, 4) is 0 Å². The molecule has 0 saturated carbocycles. The minimum Gasteiger partial charge on any atom is -0.469 e. The van der Waals surface area contributed by atoms with Crippen LogP contribution in [0.25, 0.3) is 0 Å². The van der Waals surface area contributed by atoms with Gasteiger partial charge in [0.25, 0.3) is 0 Å². The number of hydrogen-bond donors (Lipinski definition) is 0. The molecule has 6 heteroatoms. The van der Waals surface area contributed by atoms with Gasteiger partial charge in [-0.1, -0.05) is 46.0 Å². The van der Waals surface area contributed by atoms with Gasteiger partial charge < -0.3 is 4.74 Å². The van der Waals surface area contributed by atoms with E-state index < -0.39 is 11.7 Å². The molecule has 0 aromatic rings. The molecular weight excluding hydrogens is 366 g/mol. The van der Waals surface area contributed by atoms with E-state index in [0.717, 1.165) is 25.7 Å². The van der Waals surface area contributed by atoms with E-state index in [1.165, 1.54) is 7.11 Å². The van der Waals surface area contributed by atoms with E-state index in [0.29, 0.717) is 38.5 Å². The lowest BCUT2D eigenvalue weighted by Crippen LogP contribution is -2.30. The molecule has 0 aromatic carbocycles. The summed E-state index contributed by atoms with van der Waals surface area (Å²) in [5.74, 6) is -4.63. The summed E-state index contributed by atoms with van der Waals surface area (Å²) in [4.78, 5) is 35.1. The molecule has 0 spiro atoms. The first-order chi connectivity index (χ1) is 13.2. The highest BCUT2D eigenvalue weighted by Gasteiger charge is 2.37. The monoisotopic (exact) mass is 404 g/mol. The van der Waals surface area contributed by atoms with Crippen molar-refractivity contribution in [2.75, 3.05) is 7.11 Å². The van der Waals surface area contributed by atoms with E-state index in [9.17, 15) is 23.2 Å². The quantitative estimate of drug-likeness (QED) is 0.223. The van der Waals surface area contributed by atoms with Gasteiger partial charge >= 0.3 is 11.9 Å². The fourth-order valence-corrected chi connectivity index (χ4v) is 3.59. The van der Waals surface area contributed by atoms with Crippen LogP contribution >= 0.6 is 0 Å². The molecule has 0 aliphatic rings. The molecule has 0 aliphatic carbocycles. The number of alkyl halides is 2. The third-order valence-corrected chi connectivity index (χ3v) is 5.48. The third-order valence-electron chi connectivity index (χ3n) is 5.48. The molecule has 28 heavy (non-hydrogen) atoms. The number of rotatable bonds is 17. The topological polar surface area (TPSA) is 60.4 Å². The average molecular weight is 405 g/mol. The van der Waals surface area contributed by atoms with Crippen molar-refractivity contribution in [1.82, 2.24) is 0 Å². The minimum absolute atomic E-state index is 0.0431. The van der Waals surface area contributed by atoms with Crippen LogP contribution in [0.3, 0.4) is 0 Å². The predicted molar refractivity (Wildman–Crippen MR) is 106 cm³/mol. The van der Waals surface area contributed by atoms with Crippen LogP contribution < -0.4 is 0 Å². The van der Waals surface area contributed by atoms with Crippen molar-refractivity contribution in [3.05, 3.63) is 0 Å². The number of hydrogen-bond acceptors (Lipinski definition) is 4. The zero-order valence-electron chi connectivity index (χ0n) is 18.0. The summed E-state index contributed by atoms with van der Waals surface area (Å²) < 4.78 is 32.3. The van der Waals surface area contributed by atoms with E-state index in [1.54, 1.807) is 6.92 Å². The van der Waals surface area contributed by atoms with Crippen LogP contribution in [-0.2, 0) is 19.1 Å². The molecule has 0 heterocycles. The molecule has 4 nitrogen and oxygen atoms in total. The lowest BCUT2D eigenvalue weighted by molar-refractivity contribution is -0.144. The van der Waals surface area contributed by atoms with E-state index in [-0.39, 0.29) is 36.4 Å². The third kappa shape index (κ3) is 10.9. The summed E-state index contributed by atoms with van der Waals surface area (Å²) in [7, 11) is 1.37. The molecule has 0 rings (SSSR count). The Labute approximate surface area is 168 Å². The molecule has 0 saturated heterocycles. The largest absolute Gasteiger partial charge is 0.469 e. The van der Waals surface area contributed by atoms with Crippen LogP contribution in [0, 0.1) is 11.8 Å². The number of ether oxygens (including phenoxy) is 1. The molecule has 0 radical (unpaired) electrons. The second-order valence-corrected chi connectivity index (χ2v) is 7.68. The Bertz CT molecular complexity index is 477. The molecule has 2 atom stereocenters. The second-order valence-electron chi connectivity index (χ2n) is 7.68. The van der Waals surface area contributed by atoms with E-state index in [2.05, 4.69) is 4.74 Å². The molecule has 164 valence electrons. The number of halogens is 2. The number of carbonyl (C=O) groups excluding carboxylic acids is 3. The molecule has 0 bridgehead atoms. The van der Waals surface area contributed by atoms with Crippen LogP contribution in [0.15, 0.2) is 0 Å². The molecule has 0 aliphatic heterocycles. The molecular formula is C22H38F2O4. The number of esters is 1. The molecule has 0 fully saturated rings. The molecule has 0 amide bonds. The summed E-state index contributed by atoms with van der Waals surface area (Å²) in [5, 5.41) is 0. The Morgan fingerprint density at radius 3 is 2.11 bits per heavy atom. The maximum absolute atomic E-state index is 13.9. The second kappa shape index (κ2) is 14.6. The Balaban J connectivity index is 4.46. The Morgan fingerprint density at radius 1 is 0.929 bits per heavy atom. The van der Waals surface area contributed by atoms with Crippen LogP contribution in [0.5, 0.6) is 0 Å². The summed E-state index contributed by atoms with van der Waals surface area (Å²) in [6.07, 6.45) is 5.95. The molecule has 0 N–H and O–H groups in total. The van der Waals surface area contributed by atoms with Crippen LogP contribution in [0.1, 0.15) is 97.8 Å². The fraction of sp³-hybridized carbons (Fsp3) is 0.864. The van der Waals surface area contributed by atoms with Gasteiger partial charge in [-0.15, -0.1) is 0 Å². The lowest BCUT2D eigenvalue weighted by atomic mass is 9.80. The summed E-state index contributed by atoms with van der Waals surface area (Å²) in [6.45, 7) is 5.31. The highest BCUT2D eigenvalue weighted by molar-refractivity contribution is 5.85. The smallest absolute Gasteiger partial charge is 0.305 e. The first kappa shape index (κ1) is 26.7. The van der Waals surface area contributed by atoms with Gasteiger partial charge in [0, 0.05) is 25.2 Å². The molecule has 0 aromatic heterocycles. The number of unbranched alkanes of at least 4 members (excludes halogenated alkanes) is 4. The van der Waals surface area contributed by atoms with Crippen molar-refractivity contribution >= 4 is 17.5 Å². The summed E-state index contributed by atoms with van der Waals surface area (Å²) >= 11 is 0. The maximum atomic E-state index is 13.9. The normalized spacial score (nSPS) is 13.8. The Morgan fingerprint density at radius 2 is 1.57 bits per heavy atom. The van der Waals surface area contributed by atoms with Gasteiger partial charge in [0.15, 0.2) is 0 Å². The first-order valence-electron chi connectivity index (χ1n) is 10.7. The van der Waals surface area contributed by atoms with Crippen molar-refractivity contribution < 1.29 is 27.9 Å². The zero-order valence-corrected chi connectivity index (χ0v) is 18.0. The Kier molecular flexibility index (Phi) is 13.9. The number of methoxy groups -OCH3 is 1. The van der Waals surface area contributed by atoms with Crippen molar-refractivity contribution in [2.24, 2.45) is 11.8 Å².